The predicted octanol–water partition coefficient (Wildman–Crippen LogP) is 2.05. The third-order valence-electron chi connectivity index (χ3n) is 3.52. The summed E-state index contributed by atoms with van der Waals surface area (Å²) in [4.78, 5) is 24.9. The van der Waals surface area contributed by atoms with Crippen LogP contribution in [-0.2, 0) is 19.0 Å². The van der Waals surface area contributed by atoms with E-state index in [9.17, 15) is 14.8 Å². The monoisotopic (exact) mass is 412 g/mol. The van der Waals surface area contributed by atoms with Crippen molar-refractivity contribution in [3.05, 3.63) is 34.9 Å². The van der Waals surface area contributed by atoms with Crippen molar-refractivity contribution in [2.45, 2.75) is 25.8 Å². The number of halogens is 1. The molecule has 2 amide bonds. The van der Waals surface area contributed by atoms with Crippen molar-refractivity contribution in [2.75, 3.05) is 33.3 Å². The summed E-state index contributed by atoms with van der Waals surface area (Å²) in [6.07, 6.45) is 5.76. The highest BCUT2D eigenvalue weighted by Gasteiger charge is 2.25. The van der Waals surface area contributed by atoms with E-state index in [-0.39, 0.29) is 19.8 Å². The Morgan fingerprint density at radius 3 is 2.64 bits per heavy atom. The summed E-state index contributed by atoms with van der Waals surface area (Å²) in [5.41, 5.74) is 0.336. The fraction of sp³-hybridized carbons (Fsp3) is 0.474. The predicted molar refractivity (Wildman–Crippen MR) is 103 cm³/mol. The summed E-state index contributed by atoms with van der Waals surface area (Å²) in [6.45, 7) is 2.41. The minimum absolute atomic E-state index is 0.0581. The van der Waals surface area contributed by atoms with Gasteiger partial charge >= 0.3 is 0 Å². The molecule has 0 unspecified atom stereocenters. The Morgan fingerprint density at radius 1 is 1.29 bits per heavy atom. The SMILES string of the molecule is C#CCOCN(O)C(=O)[C@@H](CCCOCOCC)NC(=O)c1ccc(Cl)cc1. The maximum absolute atomic E-state index is 12.5. The van der Waals surface area contributed by atoms with Crippen LogP contribution in [0.5, 0.6) is 0 Å². The molecule has 0 aliphatic rings. The average Bonchev–Trinajstić information content (AvgIpc) is 2.69. The van der Waals surface area contributed by atoms with Crippen LogP contribution >= 0.6 is 11.6 Å². The topological polar surface area (TPSA) is 97.3 Å². The number of carbonyl (C=O) groups excluding carboxylic acids is 2. The Bertz CT molecular complexity index is 647. The van der Waals surface area contributed by atoms with Crippen molar-refractivity contribution in [3.63, 3.8) is 0 Å². The number of ether oxygens (including phenoxy) is 3. The van der Waals surface area contributed by atoms with Gasteiger partial charge in [-0.05, 0) is 44.0 Å². The smallest absolute Gasteiger partial charge is 0.270 e. The van der Waals surface area contributed by atoms with E-state index in [1.807, 2.05) is 6.92 Å². The number of hydrogen-bond donors (Lipinski definition) is 2. The van der Waals surface area contributed by atoms with E-state index in [2.05, 4.69) is 11.2 Å². The summed E-state index contributed by atoms with van der Waals surface area (Å²) < 4.78 is 15.3. The normalized spacial score (nSPS) is 11.5. The number of nitrogens with one attached hydrogen (secondary N) is 1. The van der Waals surface area contributed by atoms with Crippen LogP contribution in [0.4, 0.5) is 0 Å². The fourth-order valence-electron chi connectivity index (χ4n) is 2.13. The van der Waals surface area contributed by atoms with Gasteiger partial charge in [-0.15, -0.1) is 6.42 Å². The van der Waals surface area contributed by atoms with Gasteiger partial charge < -0.3 is 19.5 Å². The highest BCUT2D eigenvalue weighted by atomic mass is 35.5. The molecule has 0 saturated heterocycles. The van der Waals surface area contributed by atoms with Crippen LogP contribution < -0.4 is 5.32 Å². The quantitative estimate of drug-likeness (QED) is 0.169. The van der Waals surface area contributed by atoms with Crippen molar-refractivity contribution in [3.8, 4) is 12.3 Å². The maximum atomic E-state index is 12.5. The van der Waals surface area contributed by atoms with Crippen molar-refractivity contribution in [2.24, 2.45) is 0 Å². The lowest BCUT2D eigenvalue weighted by Gasteiger charge is -2.23. The van der Waals surface area contributed by atoms with Crippen molar-refractivity contribution < 1.29 is 29.0 Å². The van der Waals surface area contributed by atoms with E-state index >= 15 is 0 Å². The van der Waals surface area contributed by atoms with Crippen molar-refractivity contribution in [1.29, 1.82) is 0 Å². The molecule has 1 atom stereocenters. The molecule has 0 aliphatic heterocycles. The van der Waals surface area contributed by atoms with Gasteiger partial charge in [0.25, 0.3) is 11.8 Å². The number of nitrogens with zero attached hydrogens (tertiary/aromatic N) is 1. The van der Waals surface area contributed by atoms with E-state index in [1.54, 1.807) is 12.1 Å². The summed E-state index contributed by atoms with van der Waals surface area (Å²) in [7, 11) is 0. The second-order valence-corrected chi connectivity index (χ2v) is 6.05. The molecule has 0 spiro atoms. The van der Waals surface area contributed by atoms with Crippen LogP contribution in [0.2, 0.25) is 5.02 Å². The molecule has 0 heterocycles. The number of amides is 2. The number of terminal acetylenes is 1. The molecule has 28 heavy (non-hydrogen) atoms. The molecular weight excluding hydrogens is 388 g/mol. The maximum Gasteiger partial charge on any atom is 0.270 e. The Kier molecular flexibility index (Phi) is 11.9. The Morgan fingerprint density at radius 2 is 2.00 bits per heavy atom. The van der Waals surface area contributed by atoms with Gasteiger partial charge in [-0.2, -0.15) is 5.06 Å². The minimum Gasteiger partial charge on any atom is -0.356 e. The van der Waals surface area contributed by atoms with Crippen LogP contribution in [-0.4, -0.2) is 61.5 Å². The van der Waals surface area contributed by atoms with E-state index in [1.165, 1.54) is 12.1 Å². The van der Waals surface area contributed by atoms with E-state index < -0.39 is 24.6 Å². The lowest BCUT2D eigenvalue weighted by molar-refractivity contribution is -0.188. The molecule has 0 radical (unpaired) electrons. The second-order valence-electron chi connectivity index (χ2n) is 5.61. The van der Waals surface area contributed by atoms with Gasteiger partial charge in [0.15, 0.2) is 0 Å². The lowest BCUT2D eigenvalue weighted by Crippen LogP contribution is -2.48. The third-order valence-corrected chi connectivity index (χ3v) is 3.77. The lowest BCUT2D eigenvalue weighted by atomic mass is 10.1. The number of hydrogen-bond acceptors (Lipinski definition) is 6. The molecular formula is C19H25ClN2O6. The van der Waals surface area contributed by atoms with Crippen LogP contribution in [0.25, 0.3) is 0 Å². The molecule has 154 valence electrons. The molecule has 1 aromatic carbocycles. The fourth-order valence-corrected chi connectivity index (χ4v) is 2.25. The van der Waals surface area contributed by atoms with Gasteiger partial charge in [-0.1, -0.05) is 17.5 Å². The van der Waals surface area contributed by atoms with Crippen molar-refractivity contribution in [1.82, 2.24) is 10.4 Å². The number of carbonyl (C=O) groups is 2. The zero-order valence-electron chi connectivity index (χ0n) is 15.7. The Balaban J connectivity index is 2.67. The minimum atomic E-state index is -0.974. The largest absolute Gasteiger partial charge is 0.356 e. The van der Waals surface area contributed by atoms with E-state index in [4.69, 9.17) is 32.2 Å². The summed E-state index contributed by atoms with van der Waals surface area (Å²) >= 11 is 5.82. The molecule has 1 rings (SSSR count). The molecule has 9 heteroatoms. The third kappa shape index (κ3) is 9.17. The van der Waals surface area contributed by atoms with Crippen LogP contribution in [0.15, 0.2) is 24.3 Å². The molecule has 1 aromatic rings. The molecule has 0 aliphatic carbocycles. The van der Waals surface area contributed by atoms with Crippen LogP contribution in [0.3, 0.4) is 0 Å². The first-order valence-corrected chi connectivity index (χ1v) is 9.10. The zero-order chi connectivity index (χ0) is 20.8. The van der Waals surface area contributed by atoms with Gasteiger partial charge in [0, 0.05) is 23.8 Å². The number of benzene rings is 1. The Labute approximate surface area is 169 Å². The van der Waals surface area contributed by atoms with Crippen LogP contribution in [0, 0.1) is 12.3 Å². The number of hydroxylamine groups is 2. The second kappa shape index (κ2) is 13.9. The molecule has 2 N–H and O–H groups in total. The summed E-state index contributed by atoms with van der Waals surface area (Å²) in [6, 6.07) is 5.24. The molecule has 0 bridgehead atoms. The van der Waals surface area contributed by atoms with E-state index in [0.717, 1.165) is 0 Å². The average molecular weight is 413 g/mol. The van der Waals surface area contributed by atoms with Gasteiger partial charge in [-0.3, -0.25) is 14.8 Å². The van der Waals surface area contributed by atoms with Gasteiger partial charge in [0.1, 0.15) is 26.2 Å². The van der Waals surface area contributed by atoms with E-state index in [0.29, 0.717) is 35.3 Å². The van der Waals surface area contributed by atoms with Crippen molar-refractivity contribution >= 4 is 23.4 Å². The Hall–Kier alpha value is -2.15. The first kappa shape index (κ1) is 23.9. The first-order chi connectivity index (χ1) is 13.5. The van der Waals surface area contributed by atoms with Gasteiger partial charge in [0.2, 0.25) is 0 Å². The summed E-state index contributed by atoms with van der Waals surface area (Å²) in [5.74, 6) is 1.04. The highest BCUT2D eigenvalue weighted by Crippen LogP contribution is 2.11. The molecule has 8 nitrogen and oxygen atoms in total. The van der Waals surface area contributed by atoms with Crippen LogP contribution in [0.1, 0.15) is 30.1 Å². The standard InChI is InChI=1S/C19H25ClN2O6/c1-3-11-27-13-22(25)19(24)17(6-5-12-28-14-26-4-2)21-18(23)15-7-9-16(20)10-8-15/h1,7-10,17,25H,4-6,11-14H2,2H3,(H,21,23)/t17-/m1/s1. The summed E-state index contributed by atoms with van der Waals surface area (Å²) in [5, 5.41) is 13.4. The van der Waals surface area contributed by atoms with Gasteiger partial charge in [-0.25, -0.2) is 0 Å². The zero-order valence-corrected chi connectivity index (χ0v) is 16.5. The highest BCUT2D eigenvalue weighted by molar-refractivity contribution is 6.30. The molecule has 0 fully saturated rings. The molecule has 0 aromatic heterocycles. The number of rotatable bonds is 13. The molecule has 0 saturated carbocycles. The first-order valence-electron chi connectivity index (χ1n) is 8.73. The van der Waals surface area contributed by atoms with Gasteiger partial charge in [0.05, 0.1) is 0 Å².